The highest BCUT2D eigenvalue weighted by atomic mass is 16.6. The van der Waals surface area contributed by atoms with Crippen molar-refractivity contribution in [3.8, 4) is 0 Å². The molecule has 0 fully saturated rings. The molecule has 0 amide bonds. The third-order valence-electron chi connectivity index (χ3n) is 13.6. The lowest BCUT2D eigenvalue weighted by atomic mass is 9.99. The lowest BCUT2D eigenvalue weighted by molar-refractivity contribution is -0.167. The van der Waals surface area contributed by atoms with Gasteiger partial charge in [-0.1, -0.05) is 285 Å². The van der Waals surface area contributed by atoms with E-state index in [1.54, 1.807) is 0 Å². The number of carbonyl (C=O) groups excluding carboxylic acids is 3. The Bertz CT molecular complexity index is 980. The van der Waals surface area contributed by atoms with Crippen molar-refractivity contribution in [2.24, 2.45) is 11.8 Å². The average Bonchev–Trinajstić information content (AvgIpc) is 3.28. The van der Waals surface area contributed by atoms with Gasteiger partial charge in [0.1, 0.15) is 13.2 Å². The van der Waals surface area contributed by atoms with E-state index >= 15 is 0 Å². The lowest BCUT2D eigenvalue weighted by Gasteiger charge is -2.18. The topological polar surface area (TPSA) is 78.9 Å². The predicted molar refractivity (Wildman–Crippen MR) is 275 cm³/mol. The van der Waals surface area contributed by atoms with E-state index in [1.807, 2.05) is 0 Å². The van der Waals surface area contributed by atoms with Gasteiger partial charge in [-0.2, -0.15) is 0 Å². The number of rotatable bonds is 52. The molecule has 0 bridgehead atoms. The van der Waals surface area contributed by atoms with Crippen molar-refractivity contribution in [1.82, 2.24) is 0 Å². The molecule has 0 aromatic rings. The fourth-order valence-corrected chi connectivity index (χ4v) is 8.84. The summed E-state index contributed by atoms with van der Waals surface area (Å²) in [5.41, 5.74) is 0. The number of hydrogen-bond donors (Lipinski definition) is 0. The Morgan fingerprint density at radius 1 is 0.328 bits per heavy atom. The number of carbonyl (C=O) groups is 3. The maximum atomic E-state index is 12.8. The number of esters is 3. The summed E-state index contributed by atoms with van der Waals surface area (Å²) in [6.45, 7) is 11.4. The zero-order chi connectivity index (χ0) is 46.8. The third kappa shape index (κ3) is 49.8. The molecule has 0 heterocycles. The molecule has 0 aromatic heterocycles. The van der Waals surface area contributed by atoms with E-state index in [2.05, 4.69) is 34.6 Å². The van der Waals surface area contributed by atoms with Gasteiger partial charge in [-0.3, -0.25) is 14.4 Å². The zero-order valence-electron chi connectivity index (χ0n) is 43.9. The summed E-state index contributed by atoms with van der Waals surface area (Å²) in [6, 6.07) is 0. The molecule has 0 radical (unpaired) electrons. The molecule has 380 valence electrons. The van der Waals surface area contributed by atoms with Crippen LogP contribution >= 0.6 is 0 Å². The molecule has 6 heteroatoms. The van der Waals surface area contributed by atoms with Gasteiger partial charge in [0.15, 0.2) is 6.10 Å². The first-order valence-corrected chi connectivity index (χ1v) is 28.8. The van der Waals surface area contributed by atoms with Crippen LogP contribution in [0.25, 0.3) is 0 Å². The summed E-state index contributed by atoms with van der Waals surface area (Å²) in [5.74, 6) is 0.872. The summed E-state index contributed by atoms with van der Waals surface area (Å²) in [4.78, 5) is 38.1. The predicted octanol–water partition coefficient (Wildman–Crippen LogP) is 18.9. The molecule has 6 nitrogen and oxygen atoms in total. The Balaban J connectivity index is 4.28. The van der Waals surface area contributed by atoms with Gasteiger partial charge in [0.05, 0.1) is 0 Å². The highest BCUT2D eigenvalue weighted by molar-refractivity contribution is 5.71. The lowest BCUT2D eigenvalue weighted by Crippen LogP contribution is -2.30. The second-order valence-electron chi connectivity index (χ2n) is 20.6. The molecular formula is C58H112O6. The first-order valence-electron chi connectivity index (χ1n) is 28.8. The van der Waals surface area contributed by atoms with Gasteiger partial charge in [-0.05, 0) is 31.1 Å². The first-order chi connectivity index (χ1) is 31.3. The van der Waals surface area contributed by atoms with Crippen LogP contribution in [0.2, 0.25) is 0 Å². The van der Waals surface area contributed by atoms with Crippen molar-refractivity contribution < 1.29 is 28.6 Å². The Labute approximate surface area is 399 Å². The van der Waals surface area contributed by atoms with Crippen LogP contribution in [0.4, 0.5) is 0 Å². The standard InChI is InChI=1S/C58H112O6/c1-6-8-9-10-11-12-13-14-15-19-22-28-33-38-43-48-56(59)62-51-55(64-58(61)50-45-40-35-30-25-24-26-31-36-41-46-53(3)4)52-63-57(60)49-44-39-34-29-23-20-17-16-18-21-27-32-37-42-47-54(5)7-2/h53-55H,6-52H2,1-5H3/t54?,55-/m0/s1. The quantitative estimate of drug-likeness (QED) is 0.0344. The van der Waals surface area contributed by atoms with Crippen molar-refractivity contribution in [2.75, 3.05) is 13.2 Å². The minimum absolute atomic E-state index is 0.0629. The highest BCUT2D eigenvalue weighted by Gasteiger charge is 2.19. The molecule has 2 atom stereocenters. The number of ether oxygens (including phenoxy) is 3. The molecule has 1 unspecified atom stereocenters. The fraction of sp³-hybridized carbons (Fsp3) is 0.948. The maximum absolute atomic E-state index is 12.8. The van der Waals surface area contributed by atoms with E-state index in [9.17, 15) is 14.4 Å². The first kappa shape index (κ1) is 62.4. The molecule has 0 N–H and O–H groups in total. The van der Waals surface area contributed by atoms with Gasteiger partial charge in [0.25, 0.3) is 0 Å². The van der Waals surface area contributed by atoms with E-state index < -0.39 is 6.10 Å². The number of unbranched alkanes of at least 4 members (excludes halogenated alkanes) is 36. The molecule has 0 rings (SSSR count). The number of hydrogen-bond acceptors (Lipinski definition) is 6. The SMILES string of the molecule is CCCCCCCCCCCCCCCCCC(=O)OC[C@@H](COC(=O)CCCCCCCCCCCCCCCCC(C)CC)OC(=O)CCCCCCCCCCCCC(C)C. The minimum atomic E-state index is -0.763. The molecule has 0 aliphatic heterocycles. The van der Waals surface area contributed by atoms with Crippen LogP contribution in [0.15, 0.2) is 0 Å². The van der Waals surface area contributed by atoms with Crippen molar-refractivity contribution >= 4 is 17.9 Å². The molecule has 0 saturated heterocycles. The van der Waals surface area contributed by atoms with Crippen LogP contribution in [0.1, 0.15) is 324 Å². The molecule has 0 aromatic carbocycles. The second kappa shape index (κ2) is 50.8. The summed E-state index contributed by atoms with van der Waals surface area (Å²) in [5, 5.41) is 0. The summed E-state index contributed by atoms with van der Waals surface area (Å²) in [7, 11) is 0. The summed E-state index contributed by atoms with van der Waals surface area (Å²) in [6.07, 6.45) is 53.7. The van der Waals surface area contributed by atoms with Crippen LogP contribution < -0.4 is 0 Å². The molecule has 0 aliphatic carbocycles. The molecular weight excluding hydrogens is 793 g/mol. The van der Waals surface area contributed by atoms with E-state index in [0.29, 0.717) is 19.3 Å². The van der Waals surface area contributed by atoms with Crippen LogP contribution in [0, 0.1) is 11.8 Å². The van der Waals surface area contributed by atoms with E-state index in [1.165, 1.54) is 212 Å². The minimum Gasteiger partial charge on any atom is -0.462 e. The van der Waals surface area contributed by atoms with Crippen LogP contribution in [-0.2, 0) is 28.6 Å². The summed E-state index contributed by atoms with van der Waals surface area (Å²) >= 11 is 0. The van der Waals surface area contributed by atoms with E-state index in [-0.39, 0.29) is 31.1 Å². The Hall–Kier alpha value is -1.59. The second-order valence-corrected chi connectivity index (χ2v) is 20.6. The van der Waals surface area contributed by atoms with Gasteiger partial charge >= 0.3 is 17.9 Å². The van der Waals surface area contributed by atoms with Crippen molar-refractivity contribution in [1.29, 1.82) is 0 Å². The van der Waals surface area contributed by atoms with Crippen molar-refractivity contribution in [3.05, 3.63) is 0 Å². The van der Waals surface area contributed by atoms with Gasteiger partial charge in [0.2, 0.25) is 0 Å². The molecule has 0 spiro atoms. The van der Waals surface area contributed by atoms with Crippen molar-refractivity contribution in [3.63, 3.8) is 0 Å². The molecule has 64 heavy (non-hydrogen) atoms. The Morgan fingerprint density at radius 3 is 0.891 bits per heavy atom. The van der Waals surface area contributed by atoms with Crippen molar-refractivity contribution in [2.45, 2.75) is 330 Å². The van der Waals surface area contributed by atoms with Crippen LogP contribution in [0.3, 0.4) is 0 Å². The fourth-order valence-electron chi connectivity index (χ4n) is 8.84. The Kier molecular flexibility index (Phi) is 49.6. The van der Waals surface area contributed by atoms with Gasteiger partial charge < -0.3 is 14.2 Å². The van der Waals surface area contributed by atoms with E-state index in [0.717, 1.165) is 69.6 Å². The van der Waals surface area contributed by atoms with Gasteiger partial charge in [-0.15, -0.1) is 0 Å². The normalized spacial score (nSPS) is 12.5. The average molecular weight is 906 g/mol. The molecule has 0 saturated carbocycles. The summed E-state index contributed by atoms with van der Waals surface area (Å²) < 4.78 is 16.9. The van der Waals surface area contributed by atoms with Crippen LogP contribution in [-0.4, -0.2) is 37.2 Å². The highest BCUT2D eigenvalue weighted by Crippen LogP contribution is 2.18. The zero-order valence-corrected chi connectivity index (χ0v) is 43.9. The third-order valence-corrected chi connectivity index (χ3v) is 13.6. The Morgan fingerprint density at radius 2 is 0.594 bits per heavy atom. The maximum Gasteiger partial charge on any atom is 0.306 e. The van der Waals surface area contributed by atoms with E-state index in [4.69, 9.17) is 14.2 Å². The van der Waals surface area contributed by atoms with Crippen LogP contribution in [0.5, 0.6) is 0 Å². The smallest absolute Gasteiger partial charge is 0.306 e. The largest absolute Gasteiger partial charge is 0.462 e. The van der Waals surface area contributed by atoms with Gasteiger partial charge in [0, 0.05) is 19.3 Å². The monoisotopic (exact) mass is 905 g/mol. The molecule has 0 aliphatic rings. The van der Waals surface area contributed by atoms with Gasteiger partial charge in [-0.25, -0.2) is 0 Å².